The Morgan fingerprint density at radius 3 is 2.35 bits per heavy atom. The fraction of sp³-hybridized carbons (Fsp3) is 0.278. The van der Waals surface area contributed by atoms with Crippen molar-refractivity contribution < 1.29 is 4.79 Å². The van der Waals surface area contributed by atoms with Crippen LogP contribution < -0.4 is 10.2 Å². The van der Waals surface area contributed by atoms with Crippen LogP contribution in [0.5, 0.6) is 0 Å². The molecule has 2 aromatic rings. The molecule has 1 fully saturated rings. The third-order valence-electron chi connectivity index (χ3n) is 4.14. The van der Waals surface area contributed by atoms with E-state index in [9.17, 15) is 4.79 Å². The van der Waals surface area contributed by atoms with Gasteiger partial charge in [0.25, 0.3) is 0 Å². The Labute approximate surface area is 141 Å². The minimum absolute atomic E-state index is 0.0949. The van der Waals surface area contributed by atoms with Gasteiger partial charge in [-0.15, -0.1) is 0 Å². The summed E-state index contributed by atoms with van der Waals surface area (Å²) < 4.78 is 0. The van der Waals surface area contributed by atoms with Crippen LogP contribution in [0.15, 0.2) is 48.5 Å². The molecule has 3 rings (SSSR count). The molecule has 2 amide bonds. The maximum Gasteiger partial charge on any atom is 0.322 e. The molecule has 2 aromatic carbocycles. The van der Waals surface area contributed by atoms with Gasteiger partial charge >= 0.3 is 6.03 Å². The summed E-state index contributed by atoms with van der Waals surface area (Å²) >= 11 is 6.09. The smallest absolute Gasteiger partial charge is 0.322 e. The van der Waals surface area contributed by atoms with Crippen LogP contribution in [0.4, 0.5) is 16.2 Å². The van der Waals surface area contributed by atoms with Crippen molar-refractivity contribution in [2.45, 2.75) is 6.92 Å². The lowest BCUT2D eigenvalue weighted by Gasteiger charge is -2.36. The van der Waals surface area contributed by atoms with E-state index in [0.29, 0.717) is 23.8 Å². The Morgan fingerprint density at radius 2 is 1.65 bits per heavy atom. The van der Waals surface area contributed by atoms with Crippen LogP contribution in [0, 0.1) is 6.92 Å². The monoisotopic (exact) mass is 329 g/mol. The Balaban J connectivity index is 1.60. The number of piperazine rings is 1. The van der Waals surface area contributed by atoms with Gasteiger partial charge < -0.3 is 15.1 Å². The Morgan fingerprint density at radius 1 is 1.00 bits per heavy atom. The molecular formula is C18H20ClN3O. The van der Waals surface area contributed by atoms with Crippen molar-refractivity contribution in [2.75, 3.05) is 36.4 Å². The molecule has 0 atom stereocenters. The van der Waals surface area contributed by atoms with Crippen LogP contribution in [0.25, 0.3) is 0 Å². The number of halogens is 1. The number of rotatable bonds is 2. The molecule has 1 saturated heterocycles. The molecule has 0 spiro atoms. The molecule has 4 nitrogen and oxygen atoms in total. The van der Waals surface area contributed by atoms with Crippen molar-refractivity contribution in [2.24, 2.45) is 0 Å². The van der Waals surface area contributed by atoms with Gasteiger partial charge in [0.2, 0.25) is 0 Å². The van der Waals surface area contributed by atoms with Crippen molar-refractivity contribution in [1.82, 2.24) is 4.90 Å². The zero-order valence-corrected chi connectivity index (χ0v) is 13.9. The number of carbonyl (C=O) groups excluding carboxylic acids is 1. The fourth-order valence-corrected chi connectivity index (χ4v) is 3.01. The molecule has 23 heavy (non-hydrogen) atoms. The minimum Gasteiger partial charge on any atom is -0.368 e. The number of aryl methyl sites for hydroxylation is 1. The topological polar surface area (TPSA) is 35.6 Å². The SMILES string of the molecule is Cc1ccccc1N1CCN(C(=O)Nc2ccccc2Cl)CC1. The summed E-state index contributed by atoms with van der Waals surface area (Å²) in [6.45, 7) is 5.18. The average molecular weight is 330 g/mol. The molecule has 1 aliphatic heterocycles. The predicted molar refractivity (Wildman–Crippen MR) is 95.4 cm³/mol. The third-order valence-corrected chi connectivity index (χ3v) is 4.47. The molecule has 5 heteroatoms. The molecule has 120 valence electrons. The highest BCUT2D eigenvalue weighted by Crippen LogP contribution is 2.23. The number of nitrogens with one attached hydrogen (secondary N) is 1. The lowest BCUT2D eigenvalue weighted by atomic mass is 10.1. The molecule has 1 aliphatic rings. The Bertz CT molecular complexity index is 696. The van der Waals surface area contributed by atoms with Crippen LogP contribution in [0.1, 0.15) is 5.56 Å². The van der Waals surface area contributed by atoms with Gasteiger partial charge in [0, 0.05) is 31.9 Å². The first-order valence-electron chi connectivity index (χ1n) is 7.76. The summed E-state index contributed by atoms with van der Waals surface area (Å²) in [6, 6.07) is 15.5. The van der Waals surface area contributed by atoms with E-state index in [1.54, 1.807) is 6.07 Å². The number of carbonyl (C=O) groups is 1. The Kier molecular flexibility index (Phi) is 4.72. The van der Waals surface area contributed by atoms with E-state index in [-0.39, 0.29) is 6.03 Å². The standard InChI is InChI=1S/C18H20ClN3O/c1-14-6-2-5-9-17(14)21-10-12-22(13-11-21)18(23)20-16-8-4-3-7-15(16)19/h2-9H,10-13H2,1H3,(H,20,23). The van der Waals surface area contributed by atoms with Crippen molar-refractivity contribution in [3.05, 3.63) is 59.1 Å². The summed E-state index contributed by atoms with van der Waals surface area (Å²) in [4.78, 5) is 16.5. The van der Waals surface area contributed by atoms with Gasteiger partial charge in [-0.3, -0.25) is 0 Å². The van der Waals surface area contributed by atoms with Crippen molar-refractivity contribution in [3.63, 3.8) is 0 Å². The maximum atomic E-state index is 12.4. The predicted octanol–water partition coefficient (Wildman–Crippen LogP) is 4.00. The van der Waals surface area contributed by atoms with Gasteiger partial charge in [-0.25, -0.2) is 4.79 Å². The molecule has 1 heterocycles. The summed E-state index contributed by atoms with van der Waals surface area (Å²) in [6.07, 6.45) is 0. The number of nitrogens with zero attached hydrogens (tertiary/aromatic N) is 2. The molecule has 0 bridgehead atoms. The van der Waals surface area contributed by atoms with Gasteiger partial charge in [-0.05, 0) is 30.7 Å². The summed E-state index contributed by atoms with van der Waals surface area (Å²) in [5, 5.41) is 3.44. The lowest BCUT2D eigenvalue weighted by Crippen LogP contribution is -2.50. The number of hydrogen-bond acceptors (Lipinski definition) is 2. The van der Waals surface area contributed by atoms with Gasteiger partial charge in [0.05, 0.1) is 10.7 Å². The number of anilines is 2. The molecule has 1 N–H and O–H groups in total. The van der Waals surface area contributed by atoms with Gasteiger partial charge in [0.15, 0.2) is 0 Å². The fourth-order valence-electron chi connectivity index (χ4n) is 2.83. The lowest BCUT2D eigenvalue weighted by molar-refractivity contribution is 0.208. The van der Waals surface area contributed by atoms with Crippen LogP contribution in [0.3, 0.4) is 0 Å². The molecule has 0 unspecified atom stereocenters. The normalized spacial score (nSPS) is 14.7. The first-order chi connectivity index (χ1) is 11.1. The van der Waals surface area contributed by atoms with Gasteiger partial charge in [-0.1, -0.05) is 41.9 Å². The minimum atomic E-state index is -0.0949. The number of benzene rings is 2. The highest BCUT2D eigenvalue weighted by molar-refractivity contribution is 6.33. The Hall–Kier alpha value is -2.20. The van der Waals surface area contributed by atoms with E-state index < -0.39 is 0 Å². The summed E-state index contributed by atoms with van der Waals surface area (Å²) in [5.74, 6) is 0. The maximum absolute atomic E-state index is 12.4. The first kappa shape index (κ1) is 15.7. The largest absolute Gasteiger partial charge is 0.368 e. The van der Waals surface area contributed by atoms with Crippen molar-refractivity contribution in [3.8, 4) is 0 Å². The quantitative estimate of drug-likeness (QED) is 0.903. The van der Waals surface area contributed by atoms with Crippen LogP contribution in [-0.2, 0) is 0 Å². The van der Waals surface area contributed by atoms with E-state index in [2.05, 4.69) is 35.3 Å². The summed E-state index contributed by atoms with van der Waals surface area (Å²) in [5.41, 5.74) is 3.17. The third kappa shape index (κ3) is 3.59. The van der Waals surface area contributed by atoms with Crippen molar-refractivity contribution in [1.29, 1.82) is 0 Å². The van der Waals surface area contributed by atoms with E-state index in [1.807, 2.05) is 29.2 Å². The second-order valence-corrected chi connectivity index (χ2v) is 6.08. The van der Waals surface area contributed by atoms with E-state index in [4.69, 9.17) is 11.6 Å². The van der Waals surface area contributed by atoms with Gasteiger partial charge in [0.1, 0.15) is 0 Å². The average Bonchev–Trinajstić information content (AvgIpc) is 2.57. The zero-order valence-electron chi connectivity index (χ0n) is 13.1. The number of hydrogen-bond donors (Lipinski definition) is 1. The molecule has 0 radical (unpaired) electrons. The number of amides is 2. The van der Waals surface area contributed by atoms with Crippen molar-refractivity contribution >= 4 is 29.0 Å². The van der Waals surface area contributed by atoms with E-state index >= 15 is 0 Å². The first-order valence-corrected chi connectivity index (χ1v) is 8.14. The van der Waals surface area contributed by atoms with Crippen LogP contribution in [0.2, 0.25) is 5.02 Å². The molecular weight excluding hydrogens is 310 g/mol. The molecule has 0 aliphatic carbocycles. The highest BCUT2D eigenvalue weighted by atomic mass is 35.5. The molecule has 0 aromatic heterocycles. The number of urea groups is 1. The summed E-state index contributed by atoms with van der Waals surface area (Å²) in [7, 11) is 0. The zero-order chi connectivity index (χ0) is 16.2. The number of para-hydroxylation sites is 2. The van der Waals surface area contributed by atoms with Crippen LogP contribution >= 0.6 is 11.6 Å². The van der Waals surface area contributed by atoms with Gasteiger partial charge in [-0.2, -0.15) is 0 Å². The second kappa shape index (κ2) is 6.92. The van der Waals surface area contributed by atoms with E-state index in [1.165, 1.54) is 11.3 Å². The highest BCUT2D eigenvalue weighted by Gasteiger charge is 2.22. The van der Waals surface area contributed by atoms with E-state index in [0.717, 1.165) is 13.1 Å². The van der Waals surface area contributed by atoms with Crippen LogP contribution in [-0.4, -0.2) is 37.1 Å². The second-order valence-electron chi connectivity index (χ2n) is 5.67. The molecule has 0 saturated carbocycles.